The molecule has 2 aliphatic rings. The lowest BCUT2D eigenvalue weighted by atomic mass is 9.89. The smallest absolute Gasteiger partial charge is 0.240 e. The lowest BCUT2D eigenvalue weighted by Crippen LogP contribution is -2.51. The topological polar surface area (TPSA) is 54.3 Å². The molecule has 0 spiro atoms. The van der Waals surface area contributed by atoms with E-state index in [0.717, 1.165) is 44.2 Å². The van der Waals surface area contributed by atoms with Gasteiger partial charge in [-0.05, 0) is 50.8 Å². The molecular formula is C20H27N5O. The van der Waals surface area contributed by atoms with E-state index in [0.29, 0.717) is 6.54 Å². The Hall–Kier alpha value is -2.21. The molecular weight excluding hydrogens is 326 g/mol. The number of carbonyl (C=O) groups excluding carboxylic acids is 1. The van der Waals surface area contributed by atoms with Crippen LogP contribution >= 0.6 is 0 Å². The van der Waals surface area contributed by atoms with E-state index in [1.54, 1.807) is 6.20 Å². The molecule has 138 valence electrons. The fourth-order valence-corrected chi connectivity index (χ4v) is 4.18. The Kier molecular flexibility index (Phi) is 5.02. The average Bonchev–Trinajstić information content (AvgIpc) is 3.16. The van der Waals surface area contributed by atoms with Gasteiger partial charge in [-0.1, -0.05) is 35.5 Å². The molecule has 1 unspecified atom stereocenters. The zero-order chi connectivity index (χ0) is 17.9. The quantitative estimate of drug-likeness (QED) is 0.843. The number of hydrogen-bond acceptors (Lipinski definition) is 4. The highest BCUT2D eigenvalue weighted by atomic mass is 16.2. The molecule has 0 radical (unpaired) electrons. The highest BCUT2D eigenvalue weighted by molar-refractivity contribution is 5.81. The van der Waals surface area contributed by atoms with Gasteiger partial charge in [-0.3, -0.25) is 9.69 Å². The molecule has 1 saturated heterocycles. The lowest BCUT2D eigenvalue weighted by molar-refractivity contribution is -0.138. The van der Waals surface area contributed by atoms with E-state index >= 15 is 0 Å². The van der Waals surface area contributed by atoms with E-state index in [4.69, 9.17) is 0 Å². The predicted molar refractivity (Wildman–Crippen MR) is 99.3 cm³/mol. The summed E-state index contributed by atoms with van der Waals surface area (Å²) < 4.78 is 1.89. The van der Waals surface area contributed by atoms with Gasteiger partial charge in [0.15, 0.2) is 0 Å². The van der Waals surface area contributed by atoms with Gasteiger partial charge in [-0.15, -0.1) is 5.10 Å². The number of rotatable bonds is 4. The molecule has 26 heavy (non-hydrogen) atoms. The molecule has 0 N–H and O–H groups in total. The summed E-state index contributed by atoms with van der Waals surface area (Å²) in [5, 5.41) is 7.99. The van der Waals surface area contributed by atoms with E-state index in [9.17, 15) is 4.79 Å². The first-order valence-electron chi connectivity index (χ1n) is 9.65. The minimum absolute atomic E-state index is 0.0462. The molecule has 1 fully saturated rings. The van der Waals surface area contributed by atoms with Crippen LogP contribution in [0.15, 0.2) is 36.5 Å². The number of carbonyl (C=O) groups is 1. The van der Waals surface area contributed by atoms with E-state index < -0.39 is 0 Å². The van der Waals surface area contributed by atoms with Crippen molar-refractivity contribution in [2.24, 2.45) is 5.92 Å². The molecule has 1 aromatic heterocycles. The third kappa shape index (κ3) is 3.65. The molecule has 6 heteroatoms. The van der Waals surface area contributed by atoms with Crippen molar-refractivity contribution in [2.45, 2.75) is 45.3 Å². The van der Waals surface area contributed by atoms with Crippen molar-refractivity contribution in [1.82, 2.24) is 24.8 Å². The van der Waals surface area contributed by atoms with E-state index in [2.05, 4.69) is 52.5 Å². The summed E-state index contributed by atoms with van der Waals surface area (Å²) in [6, 6.07) is 10.7. The normalized spacial score (nSPS) is 20.0. The Balaban J connectivity index is 1.29. The van der Waals surface area contributed by atoms with Crippen LogP contribution < -0.4 is 0 Å². The minimum Gasteiger partial charge on any atom is -0.334 e. The van der Waals surface area contributed by atoms with Gasteiger partial charge in [-0.2, -0.15) is 0 Å². The highest BCUT2D eigenvalue weighted by Crippen LogP contribution is 2.24. The maximum atomic E-state index is 12.9. The Labute approximate surface area is 154 Å². The lowest BCUT2D eigenvalue weighted by Gasteiger charge is -2.38. The average molecular weight is 353 g/mol. The van der Waals surface area contributed by atoms with Crippen LogP contribution in [0.25, 0.3) is 0 Å². The van der Waals surface area contributed by atoms with Gasteiger partial charge < -0.3 is 4.90 Å². The molecule has 1 amide bonds. The number of nitrogens with zero attached hydrogens (tertiary/aromatic N) is 5. The van der Waals surface area contributed by atoms with Crippen LogP contribution in [0.4, 0.5) is 0 Å². The molecule has 0 saturated carbocycles. The van der Waals surface area contributed by atoms with Gasteiger partial charge in [0, 0.05) is 6.54 Å². The number of amides is 1. The van der Waals surface area contributed by atoms with Crippen molar-refractivity contribution in [1.29, 1.82) is 0 Å². The number of fused-ring (bicyclic) bond motifs is 1. The van der Waals surface area contributed by atoms with Crippen molar-refractivity contribution in [3.63, 3.8) is 0 Å². The molecule has 1 aromatic carbocycles. The van der Waals surface area contributed by atoms with Crippen LogP contribution in [0.1, 0.15) is 31.0 Å². The molecule has 0 aliphatic carbocycles. The largest absolute Gasteiger partial charge is 0.334 e. The van der Waals surface area contributed by atoms with E-state index in [-0.39, 0.29) is 11.9 Å². The van der Waals surface area contributed by atoms with Crippen molar-refractivity contribution in [3.05, 3.63) is 47.8 Å². The van der Waals surface area contributed by atoms with Gasteiger partial charge in [-0.25, -0.2) is 4.68 Å². The van der Waals surface area contributed by atoms with Crippen LogP contribution in [0.2, 0.25) is 0 Å². The zero-order valence-electron chi connectivity index (χ0n) is 15.4. The molecule has 1 atom stereocenters. The van der Waals surface area contributed by atoms with Crippen molar-refractivity contribution in [3.8, 4) is 0 Å². The minimum atomic E-state index is -0.0462. The van der Waals surface area contributed by atoms with Gasteiger partial charge in [0.1, 0.15) is 0 Å². The van der Waals surface area contributed by atoms with Gasteiger partial charge in [0.25, 0.3) is 0 Å². The summed E-state index contributed by atoms with van der Waals surface area (Å²) in [5.74, 6) is 0.963. The van der Waals surface area contributed by atoms with Crippen LogP contribution in [-0.2, 0) is 24.3 Å². The summed E-state index contributed by atoms with van der Waals surface area (Å²) in [6.07, 6.45) is 5.26. The van der Waals surface area contributed by atoms with Crippen LogP contribution in [-0.4, -0.2) is 56.4 Å². The van der Waals surface area contributed by atoms with Gasteiger partial charge in [0.05, 0.1) is 31.0 Å². The first-order chi connectivity index (χ1) is 12.7. The second-order valence-corrected chi connectivity index (χ2v) is 7.55. The standard InChI is InChI=1S/C20H27N5O/c1-16(20(26)24-11-12-25-19(15-24)14-21-22-25)23-9-7-18(8-10-23)13-17-5-3-2-4-6-17/h2-6,14,16,18H,7-13,15H2,1H3. The second-order valence-electron chi connectivity index (χ2n) is 7.55. The number of benzene rings is 1. The Morgan fingerprint density at radius 1 is 1.15 bits per heavy atom. The summed E-state index contributed by atoms with van der Waals surface area (Å²) in [4.78, 5) is 17.2. The van der Waals surface area contributed by atoms with Crippen molar-refractivity contribution < 1.29 is 4.79 Å². The van der Waals surface area contributed by atoms with E-state index in [1.807, 2.05) is 9.58 Å². The third-order valence-corrected chi connectivity index (χ3v) is 5.87. The number of piperidine rings is 1. The molecule has 2 aliphatic heterocycles. The summed E-state index contributed by atoms with van der Waals surface area (Å²) in [5.41, 5.74) is 2.45. The van der Waals surface area contributed by atoms with Crippen LogP contribution in [0.5, 0.6) is 0 Å². The maximum absolute atomic E-state index is 12.9. The van der Waals surface area contributed by atoms with Crippen LogP contribution in [0.3, 0.4) is 0 Å². The maximum Gasteiger partial charge on any atom is 0.240 e. The SMILES string of the molecule is CC(C(=O)N1CCn2nncc2C1)N1CCC(Cc2ccccc2)CC1. The summed E-state index contributed by atoms with van der Waals surface area (Å²) >= 11 is 0. The monoisotopic (exact) mass is 353 g/mol. The fourth-order valence-electron chi connectivity index (χ4n) is 4.18. The van der Waals surface area contributed by atoms with E-state index in [1.165, 1.54) is 18.4 Å². The Morgan fingerprint density at radius 2 is 1.92 bits per heavy atom. The highest BCUT2D eigenvalue weighted by Gasteiger charge is 2.31. The Morgan fingerprint density at radius 3 is 2.69 bits per heavy atom. The van der Waals surface area contributed by atoms with Crippen molar-refractivity contribution in [2.75, 3.05) is 19.6 Å². The molecule has 0 bridgehead atoms. The number of aromatic nitrogens is 3. The first-order valence-corrected chi connectivity index (χ1v) is 9.65. The zero-order valence-corrected chi connectivity index (χ0v) is 15.4. The molecule has 3 heterocycles. The molecule has 6 nitrogen and oxygen atoms in total. The fraction of sp³-hybridized carbons (Fsp3) is 0.550. The second kappa shape index (κ2) is 7.58. The van der Waals surface area contributed by atoms with Gasteiger partial charge >= 0.3 is 0 Å². The summed E-state index contributed by atoms with van der Waals surface area (Å²) in [6.45, 7) is 6.18. The Bertz CT molecular complexity index is 736. The van der Waals surface area contributed by atoms with Gasteiger partial charge in [0.2, 0.25) is 5.91 Å². The molecule has 4 rings (SSSR count). The number of likely N-dealkylation sites (tertiary alicyclic amines) is 1. The molecule has 2 aromatic rings. The van der Waals surface area contributed by atoms with Crippen molar-refractivity contribution >= 4 is 5.91 Å². The number of hydrogen-bond donors (Lipinski definition) is 0. The van der Waals surface area contributed by atoms with Crippen LogP contribution in [0, 0.1) is 5.92 Å². The third-order valence-electron chi connectivity index (χ3n) is 5.87. The first kappa shape index (κ1) is 17.2. The predicted octanol–water partition coefficient (Wildman–Crippen LogP) is 1.96. The summed E-state index contributed by atoms with van der Waals surface area (Å²) in [7, 11) is 0.